The Kier molecular flexibility index (Phi) is 4.74. The fourth-order valence-corrected chi connectivity index (χ4v) is 2.48. The fraction of sp³-hybridized carbons (Fsp3) is 0.111. The summed E-state index contributed by atoms with van der Waals surface area (Å²) in [7, 11) is 1.58. The highest BCUT2D eigenvalue weighted by Gasteiger charge is 2.14. The van der Waals surface area contributed by atoms with Gasteiger partial charge in [-0.1, -0.05) is 17.3 Å². The van der Waals surface area contributed by atoms with Gasteiger partial charge < -0.3 is 14.6 Å². The number of nitrogens with zero attached hydrogens (tertiary/aromatic N) is 6. The van der Waals surface area contributed by atoms with Crippen LogP contribution in [0.1, 0.15) is 16.2 Å². The largest absolute Gasteiger partial charge is 0.494 e. The third-order valence-corrected chi connectivity index (χ3v) is 3.81. The molecule has 0 unspecified atom stereocenters. The molecule has 0 aliphatic heterocycles. The molecule has 0 atom stereocenters. The number of amides is 1. The van der Waals surface area contributed by atoms with E-state index in [9.17, 15) is 4.79 Å². The highest BCUT2D eigenvalue weighted by atomic mass is 16.5. The Bertz CT molecular complexity index is 1090. The minimum atomic E-state index is -0.322. The van der Waals surface area contributed by atoms with Crippen molar-refractivity contribution < 1.29 is 14.1 Å². The maximum atomic E-state index is 12.4. The van der Waals surface area contributed by atoms with E-state index in [4.69, 9.17) is 9.26 Å². The van der Waals surface area contributed by atoms with Gasteiger partial charge in [0.15, 0.2) is 0 Å². The molecule has 0 radical (unpaired) electrons. The summed E-state index contributed by atoms with van der Waals surface area (Å²) in [4.78, 5) is 24.6. The van der Waals surface area contributed by atoms with Gasteiger partial charge in [-0.3, -0.25) is 4.79 Å². The Balaban J connectivity index is 1.43. The quantitative estimate of drug-likeness (QED) is 0.538. The second kappa shape index (κ2) is 7.66. The number of hydrogen-bond donors (Lipinski definition) is 1. The number of hydrogen-bond acceptors (Lipinski definition) is 8. The van der Waals surface area contributed by atoms with E-state index in [0.717, 1.165) is 5.69 Å². The number of benzene rings is 1. The van der Waals surface area contributed by atoms with E-state index in [0.29, 0.717) is 17.1 Å². The third-order valence-electron chi connectivity index (χ3n) is 3.81. The summed E-state index contributed by atoms with van der Waals surface area (Å²) in [6.45, 7) is 0.0680. The molecule has 3 heterocycles. The van der Waals surface area contributed by atoms with Crippen LogP contribution >= 0.6 is 0 Å². The molecule has 0 bridgehead atoms. The summed E-state index contributed by atoms with van der Waals surface area (Å²) in [5, 5.41) is 10.7. The maximum Gasteiger partial charge on any atom is 0.254 e. The predicted molar refractivity (Wildman–Crippen MR) is 96.6 cm³/mol. The van der Waals surface area contributed by atoms with Crippen LogP contribution in [0.5, 0.6) is 5.75 Å². The van der Waals surface area contributed by atoms with Gasteiger partial charge in [0.25, 0.3) is 5.91 Å². The number of rotatable bonds is 6. The summed E-state index contributed by atoms with van der Waals surface area (Å²) in [5.41, 5.74) is 1.12. The second-order valence-corrected chi connectivity index (χ2v) is 5.61. The first-order valence-electron chi connectivity index (χ1n) is 8.31. The molecule has 0 aliphatic rings. The highest BCUT2D eigenvalue weighted by molar-refractivity contribution is 5.93. The number of methoxy groups -OCH3 is 1. The van der Waals surface area contributed by atoms with Crippen LogP contribution in [0.2, 0.25) is 0 Å². The summed E-state index contributed by atoms with van der Waals surface area (Å²) in [6.07, 6.45) is 6.25. The lowest BCUT2D eigenvalue weighted by Gasteiger charge is -2.07. The zero-order valence-corrected chi connectivity index (χ0v) is 14.8. The Labute approximate surface area is 159 Å². The van der Waals surface area contributed by atoms with Crippen molar-refractivity contribution in [3.63, 3.8) is 0 Å². The van der Waals surface area contributed by atoms with Crippen LogP contribution < -0.4 is 10.1 Å². The molecule has 10 nitrogen and oxygen atoms in total. The highest BCUT2D eigenvalue weighted by Crippen LogP contribution is 2.21. The van der Waals surface area contributed by atoms with Crippen LogP contribution in [0.25, 0.3) is 17.3 Å². The molecule has 1 aromatic carbocycles. The molecule has 1 amide bonds. The lowest BCUT2D eigenvalue weighted by atomic mass is 10.3. The van der Waals surface area contributed by atoms with Crippen molar-refractivity contribution >= 4 is 5.91 Å². The van der Waals surface area contributed by atoms with Gasteiger partial charge in [-0.15, -0.1) is 0 Å². The summed E-state index contributed by atoms with van der Waals surface area (Å²) in [6, 6.07) is 9.08. The molecule has 0 saturated heterocycles. The van der Waals surface area contributed by atoms with Crippen LogP contribution in [0, 0.1) is 0 Å². The van der Waals surface area contributed by atoms with Gasteiger partial charge in [-0.05, 0) is 18.2 Å². The Morgan fingerprint density at radius 2 is 2.00 bits per heavy atom. The molecule has 0 saturated carbocycles. The SMILES string of the molecule is COc1ccccc1-n1cc(C(=O)NCc2nc(-c3ncccn3)no2)cn1. The van der Waals surface area contributed by atoms with Gasteiger partial charge in [0.1, 0.15) is 11.4 Å². The van der Waals surface area contributed by atoms with Gasteiger partial charge in [0.05, 0.1) is 25.4 Å². The van der Waals surface area contributed by atoms with Gasteiger partial charge in [-0.25, -0.2) is 14.6 Å². The van der Waals surface area contributed by atoms with Crippen LogP contribution in [0.3, 0.4) is 0 Å². The molecule has 0 aliphatic carbocycles. The Morgan fingerprint density at radius 1 is 1.18 bits per heavy atom. The van der Waals surface area contributed by atoms with E-state index in [1.165, 1.54) is 6.20 Å². The average Bonchev–Trinajstić information content (AvgIpc) is 3.43. The van der Waals surface area contributed by atoms with E-state index in [1.807, 2.05) is 24.3 Å². The van der Waals surface area contributed by atoms with E-state index < -0.39 is 0 Å². The third kappa shape index (κ3) is 3.56. The molecule has 28 heavy (non-hydrogen) atoms. The molecule has 0 spiro atoms. The van der Waals surface area contributed by atoms with Crippen molar-refractivity contribution in [3.05, 3.63) is 66.6 Å². The first kappa shape index (κ1) is 17.3. The lowest BCUT2D eigenvalue weighted by Crippen LogP contribution is -2.22. The van der Waals surface area contributed by atoms with Crippen LogP contribution in [0.15, 0.2) is 59.6 Å². The van der Waals surface area contributed by atoms with Gasteiger partial charge in [0.2, 0.25) is 17.5 Å². The normalized spacial score (nSPS) is 10.6. The molecular weight excluding hydrogens is 362 g/mol. The first-order valence-corrected chi connectivity index (χ1v) is 8.31. The minimum absolute atomic E-state index is 0.0680. The van der Waals surface area contributed by atoms with Crippen molar-refractivity contribution in [2.45, 2.75) is 6.54 Å². The second-order valence-electron chi connectivity index (χ2n) is 5.61. The number of carbonyl (C=O) groups excluding carboxylic acids is 1. The van der Waals surface area contributed by atoms with Crippen molar-refractivity contribution in [1.82, 2.24) is 35.2 Å². The molecular formula is C18H15N7O3. The van der Waals surface area contributed by atoms with E-state index in [-0.39, 0.29) is 24.2 Å². The Morgan fingerprint density at radius 3 is 2.82 bits per heavy atom. The van der Waals surface area contributed by atoms with E-state index in [1.54, 1.807) is 36.4 Å². The van der Waals surface area contributed by atoms with Crippen molar-refractivity contribution in [2.75, 3.05) is 7.11 Å². The van der Waals surface area contributed by atoms with Crippen LogP contribution in [-0.4, -0.2) is 42.9 Å². The standard InChI is InChI=1S/C18H15N7O3/c1-27-14-6-3-2-5-13(14)25-11-12(9-22-25)18(26)21-10-15-23-17(24-28-15)16-19-7-4-8-20-16/h2-9,11H,10H2,1H3,(H,21,26). The lowest BCUT2D eigenvalue weighted by molar-refractivity contribution is 0.0946. The zero-order valence-electron chi connectivity index (χ0n) is 14.8. The molecule has 1 N–H and O–H groups in total. The first-order chi connectivity index (χ1) is 13.7. The molecule has 3 aromatic heterocycles. The number of nitrogens with one attached hydrogen (secondary N) is 1. The molecule has 140 valence electrons. The van der Waals surface area contributed by atoms with Crippen molar-refractivity contribution in [1.29, 1.82) is 0 Å². The van der Waals surface area contributed by atoms with E-state index >= 15 is 0 Å². The monoisotopic (exact) mass is 377 g/mol. The van der Waals surface area contributed by atoms with E-state index in [2.05, 4.69) is 30.5 Å². The maximum absolute atomic E-state index is 12.4. The number of aromatic nitrogens is 6. The topological polar surface area (TPSA) is 121 Å². The summed E-state index contributed by atoms with van der Waals surface area (Å²) in [5.74, 6) is 1.18. The summed E-state index contributed by atoms with van der Waals surface area (Å²) < 4.78 is 12.0. The molecule has 0 fully saturated rings. The molecule has 10 heteroatoms. The smallest absolute Gasteiger partial charge is 0.254 e. The predicted octanol–water partition coefficient (Wildman–Crippen LogP) is 1.65. The zero-order chi connectivity index (χ0) is 19.3. The number of carbonyl (C=O) groups is 1. The fourth-order valence-electron chi connectivity index (χ4n) is 2.48. The number of para-hydroxylation sites is 2. The van der Waals surface area contributed by atoms with Crippen molar-refractivity contribution in [2.24, 2.45) is 0 Å². The van der Waals surface area contributed by atoms with Crippen LogP contribution in [-0.2, 0) is 6.54 Å². The van der Waals surface area contributed by atoms with Gasteiger partial charge in [-0.2, -0.15) is 10.1 Å². The minimum Gasteiger partial charge on any atom is -0.494 e. The van der Waals surface area contributed by atoms with Crippen molar-refractivity contribution in [3.8, 4) is 23.1 Å². The average molecular weight is 377 g/mol. The summed E-state index contributed by atoms with van der Waals surface area (Å²) >= 11 is 0. The van der Waals surface area contributed by atoms with Gasteiger partial charge in [0, 0.05) is 18.6 Å². The Hall–Kier alpha value is -4.08. The molecule has 4 rings (SSSR count). The van der Waals surface area contributed by atoms with Gasteiger partial charge >= 0.3 is 0 Å². The number of ether oxygens (including phenoxy) is 1. The van der Waals surface area contributed by atoms with Crippen LogP contribution in [0.4, 0.5) is 0 Å². The molecule has 4 aromatic rings.